The number of guanidine groups is 1. The van der Waals surface area contributed by atoms with E-state index >= 15 is 0 Å². The number of likely N-dealkylation sites (N-methyl/N-ethyl adjacent to an activating group) is 2. The smallest absolute Gasteiger partial charge is 0.243 e. The number of hydrogen-bond donors (Lipinski definition) is 2. The molecule has 0 aromatic heterocycles. The average Bonchev–Trinajstić information content (AvgIpc) is 3.19. The highest BCUT2D eigenvalue weighted by Gasteiger charge is 2.29. The summed E-state index contributed by atoms with van der Waals surface area (Å²) in [5, 5.41) is 3.21. The van der Waals surface area contributed by atoms with E-state index in [-0.39, 0.29) is 30.5 Å². The van der Waals surface area contributed by atoms with Crippen molar-refractivity contribution < 1.29 is 8.42 Å². The molecule has 2 heterocycles. The molecule has 1 aromatic carbocycles. The van der Waals surface area contributed by atoms with Crippen LogP contribution in [0.25, 0.3) is 0 Å². The number of nitrogens with two attached hydrogens (primary N) is 1. The fraction of sp³-hybridized carbons (Fsp3) is 0.650. The summed E-state index contributed by atoms with van der Waals surface area (Å²) in [5.41, 5.74) is 6.73. The van der Waals surface area contributed by atoms with Gasteiger partial charge in [-0.15, -0.1) is 24.0 Å². The lowest BCUT2D eigenvalue weighted by atomic mass is 10.2. The predicted octanol–water partition coefficient (Wildman–Crippen LogP) is 1.13. The maximum absolute atomic E-state index is 13.1. The zero-order valence-corrected chi connectivity index (χ0v) is 21.1. The van der Waals surface area contributed by atoms with Crippen molar-refractivity contribution in [3.05, 3.63) is 29.8 Å². The Morgan fingerprint density at radius 1 is 1.20 bits per heavy atom. The quantitative estimate of drug-likeness (QED) is 0.301. The van der Waals surface area contributed by atoms with E-state index in [2.05, 4.69) is 27.0 Å². The van der Waals surface area contributed by atoms with Crippen LogP contribution in [0.15, 0.2) is 34.2 Å². The van der Waals surface area contributed by atoms with Crippen LogP contribution >= 0.6 is 24.0 Å². The van der Waals surface area contributed by atoms with Gasteiger partial charge in [0.25, 0.3) is 0 Å². The first kappa shape index (κ1) is 25.3. The minimum atomic E-state index is -3.53. The van der Waals surface area contributed by atoms with Crippen LogP contribution in [0.5, 0.6) is 0 Å². The van der Waals surface area contributed by atoms with Crippen molar-refractivity contribution in [3.8, 4) is 0 Å². The zero-order valence-electron chi connectivity index (χ0n) is 18.0. The summed E-state index contributed by atoms with van der Waals surface area (Å²) < 4.78 is 27.8. The van der Waals surface area contributed by atoms with Crippen LogP contribution in [0.1, 0.15) is 25.3 Å². The molecule has 0 spiro atoms. The maximum atomic E-state index is 13.1. The summed E-state index contributed by atoms with van der Waals surface area (Å²) >= 11 is 0. The highest BCUT2D eigenvalue weighted by atomic mass is 127. The fourth-order valence-electron chi connectivity index (χ4n) is 4.04. The molecule has 0 bridgehead atoms. The van der Waals surface area contributed by atoms with Gasteiger partial charge in [-0.3, -0.25) is 4.90 Å². The molecule has 170 valence electrons. The van der Waals surface area contributed by atoms with E-state index in [4.69, 9.17) is 5.73 Å². The van der Waals surface area contributed by atoms with Gasteiger partial charge in [-0.1, -0.05) is 25.1 Å². The van der Waals surface area contributed by atoms with Crippen molar-refractivity contribution in [2.45, 2.75) is 37.2 Å². The predicted molar refractivity (Wildman–Crippen MR) is 132 cm³/mol. The largest absolute Gasteiger partial charge is 0.370 e. The first-order chi connectivity index (χ1) is 13.9. The van der Waals surface area contributed by atoms with E-state index in [0.29, 0.717) is 35.5 Å². The van der Waals surface area contributed by atoms with E-state index in [1.807, 2.05) is 19.2 Å². The molecule has 2 aliphatic heterocycles. The molecule has 3 rings (SSSR count). The number of piperazine rings is 1. The van der Waals surface area contributed by atoms with Crippen LogP contribution in [0.2, 0.25) is 0 Å². The normalized spacial score (nSPS) is 22.1. The number of nitrogens with zero attached hydrogens (tertiary/aromatic N) is 4. The molecule has 8 nitrogen and oxygen atoms in total. The van der Waals surface area contributed by atoms with Crippen molar-refractivity contribution in [1.82, 2.24) is 19.4 Å². The van der Waals surface area contributed by atoms with Gasteiger partial charge in [-0.25, -0.2) is 13.4 Å². The van der Waals surface area contributed by atoms with E-state index in [0.717, 1.165) is 32.7 Å². The first-order valence-electron chi connectivity index (χ1n) is 10.5. The highest BCUT2D eigenvalue weighted by molar-refractivity contribution is 14.0. The number of sulfonamides is 1. The lowest BCUT2D eigenvalue weighted by Gasteiger charge is -2.32. The van der Waals surface area contributed by atoms with Gasteiger partial charge < -0.3 is 16.0 Å². The molecule has 0 radical (unpaired) electrons. The van der Waals surface area contributed by atoms with Crippen LogP contribution in [0, 0.1) is 0 Å². The zero-order chi connectivity index (χ0) is 20.9. The molecule has 1 aromatic rings. The van der Waals surface area contributed by atoms with Crippen LogP contribution in [-0.4, -0.2) is 87.4 Å². The first-order valence-corrected chi connectivity index (χ1v) is 11.9. The molecule has 3 N–H and O–H groups in total. The number of benzene rings is 1. The SMILES string of the molecule is CCN1CCCC1CNC(N)=NCc1ccccc1S(=O)(=O)N1CCN(C)CC1.I. The van der Waals surface area contributed by atoms with Gasteiger partial charge in [0, 0.05) is 38.8 Å². The van der Waals surface area contributed by atoms with Crippen molar-refractivity contribution in [3.63, 3.8) is 0 Å². The van der Waals surface area contributed by atoms with E-state index in [1.165, 1.54) is 12.8 Å². The molecular weight excluding hydrogens is 515 g/mol. The maximum Gasteiger partial charge on any atom is 0.243 e. The summed E-state index contributed by atoms with van der Waals surface area (Å²) in [6.07, 6.45) is 2.38. The van der Waals surface area contributed by atoms with Crippen molar-refractivity contribution in [2.75, 3.05) is 52.9 Å². The minimum absolute atomic E-state index is 0. The second kappa shape index (κ2) is 11.6. The molecule has 0 amide bonds. The van der Waals surface area contributed by atoms with Gasteiger partial charge in [0.05, 0.1) is 11.4 Å². The number of halogens is 1. The number of aliphatic imine (C=N–C) groups is 1. The Hall–Kier alpha value is -0.950. The Kier molecular flexibility index (Phi) is 9.79. The van der Waals surface area contributed by atoms with Crippen LogP contribution < -0.4 is 11.1 Å². The molecule has 0 aliphatic carbocycles. The summed E-state index contributed by atoms with van der Waals surface area (Å²) in [4.78, 5) is 9.32. The summed E-state index contributed by atoms with van der Waals surface area (Å²) in [7, 11) is -1.52. The van der Waals surface area contributed by atoms with Gasteiger partial charge in [-0.2, -0.15) is 4.31 Å². The average molecular weight is 551 g/mol. The highest BCUT2D eigenvalue weighted by Crippen LogP contribution is 2.22. The summed E-state index contributed by atoms with van der Waals surface area (Å²) in [5.74, 6) is 0.361. The van der Waals surface area contributed by atoms with Crippen molar-refractivity contribution in [1.29, 1.82) is 0 Å². The molecule has 10 heteroatoms. The second-order valence-corrected chi connectivity index (χ2v) is 9.73. The van der Waals surface area contributed by atoms with Crippen molar-refractivity contribution >= 4 is 40.0 Å². The van der Waals surface area contributed by atoms with Gasteiger partial charge in [-0.05, 0) is 44.6 Å². The Balaban J connectivity index is 0.00000320. The van der Waals surface area contributed by atoms with Gasteiger partial charge in [0.15, 0.2) is 5.96 Å². The molecule has 2 fully saturated rings. The summed E-state index contributed by atoms with van der Waals surface area (Å²) in [6.45, 7) is 7.87. The second-order valence-electron chi connectivity index (χ2n) is 7.82. The molecule has 2 saturated heterocycles. The van der Waals surface area contributed by atoms with Gasteiger partial charge in [0.1, 0.15) is 0 Å². The summed E-state index contributed by atoms with van der Waals surface area (Å²) in [6, 6.07) is 7.57. The molecule has 2 aliphatic rings. The Morgan fingerprint density at radius 3 is 2.60 bits per heavy atom. The number of likely N-dealkylation sites (tertiary alicyclic amines) is 1. The molecule has 30 heavy (non-hydrogen) atoms. The lowest BCUT2D eigenvalue weighted by Crippen LogP contribution is -2.47. The Bertz CT molecular complexity index is 811. The van der Waals surface area contributed by atoms with Crippen molar-refractivity contribution in [2.24, 2.45) is 10.7 Å². The molecule has 0 saturated carbocycles. The van der Waals surface area contributed by atoms with Gasteiger partial charge in [0.2, 0.25) is 10.0 Å². The number of hydrogen-bond acceptors (Lipinski definition) is 5. The Labute approximate surface area is 197 Å². The van der Waals surface area contributed by atoms with E-state index in [1.54, 1.807) is 16.4 Å². The molecular formula is C20H35IN6O2S. The van der Waals surface area contributed by atoms with Crippen LogP contribution in [0.3, 0.4) is 0 Å². The van der Waals surface area contributed by atoms with Crippen LogP contribution in [-0.2, 0) is 16.6 Å². The monoisotopic (exact) mass is 550 g/mol. The third-order valence-electron chi connectivity index (χ3n) is 5.90. The lowest BCUT2D eigenvalue weighted by molar-refractivity contribution is 0.222. The third kappa shape index (κ3) is 6.28. The molecule has 1 atom stereocenters. The fourth-order valence-corrected chi connectivity index (χ4v) is 5.68. The topological polar surface area (TPSA) is 94.3 Å². The standard InChI is InChI=1S/C20H34N6O2S.HI/c1-3-25-10-6-8-18(25)16-23-20(21)22-15-17-7-4-5-9-19(17)29(27,28)26-13-11-24(2)12-14-26;/h4-5,7,9,18H,3,6,8,10-16H2,1-2H3,(H3,21,22,23);1H. The van der Waals surface area contributed by atoms with E-state index in [9.17, 15) is 8.42 Å². The number of rotatable bonds is 7. The van der Waals surface area contributed by atoms with Crippen LogP contribution in [0.4, 0.5) is 0 Å². The minimum Gasteiger partial charge on any atom is -0.370 e. The Morgan fingerprint density at radius 2 is 1.90 bits per heavy atom. The van der Waals surface area contributed by atoms with E-state index < -0.39 is 10.0 Å². The number of nitrogens with one attached hydrogen (secondary N) is 1. The van der Waals surface area contributed by atoms with Gasteiger partial charge >= 0.3 is 0 Å². The molecule has 1 unspecified atom stereocenters. The third-order valence-corrected chi connectivity index (χ3v) is 7.90.